The largest absolute Gasteiger partial charge is 0.461 e. The van der Waals surface area contributed by atoms with Gasteiger partial charge in [-0.1, -0.05) is 66.7 Å². The second-order valence-corrected chi connectivity index (χ2v) is 7.41. The Morgan fingerprint density at radius 3 is 2.33 bits per heavy atom. The van der Waals surface area contributed by atoms with Crippen molar-refractivity contribution in [3.63, 3.8) is 0 Å². The van der Waals surface area contributed by atoms with Crippen LogP contribution in [-0.2, 0) is 22.6 Å². The zero-order chi connectivity index (χ0) is 18.5. The number of carbonyl (C=O) groups is 1. The van der Waals surface area contributed by atoms with Crippen LogP contribution in [0.4, 0.5) is 0 Å². The third kappa shape index (κ3) is 4.41. The van der Waals surface area contributed by atoms with E-state index in [-0.39, 0.29) is 5.97 Å². The molecular weight excluding hydrogens is 354 g/mol. The molecule has 3 nitrogen and oxygen atoms in total. The Hall–Kier alpha value is -2.98. The van der Waals surface area contributed by atoms with E-state index >= 15 is 0 Å². The third-order valence-corrected chi connectivity index (χ3v) is 5.44. The number of esters is 1. The lowest BCUT2D eigenvalue weighted by Gasteiger charge is -2.06. The van der Waals surface area contributed by atoms with Gasteiger partial charge in [-0.15, -0.1) is 11.3 Å². The molecule has 4 heteroatoms. The molecule has 0 aliphatic heterocycles. The zero-order valence-corrected chi connectivity index (χ0v) is 15.6. The molecule has 0 saturated carbocycles. The first-order valence-corrected chi connectivity index (χ1v) is 9.74. The first kappa shape index (κ1) is 17.4. The van der Waals surface area contributed by atoms with Crippen molar-refractivity contribution in [3.8, 4) is 11.1 Å². The van der Waals surface area contributed by atoms with E-state index in [9.17, 15) is 4.79 Å². The fraction of sp³-hybridized carbons (Fsp3) is 0.130. The number of hydrogen-bond donors (Lipinski definition) is 0. The summed E-state index contributed by atoms with van der Waals surface area (Å²) in [6.45, 7) is 0.299. The van der Waals surface area contributed by atoms with Crippen LogP contribution in [0.2, 0.25) is 0 Å². The van der Waals surface area contributed by atoms with Gasteiger partial charge in [-0.3, -0.25) is 4.79 Å². The number of rotatable bonds is 6. The molecule has 27 heavy (non-hydrogen) atoms. The van der Waals surface area contributed by atoms with Crippen molar-refractivity contribution in [1.29, 1.82) is 0 Å². The number of hydrogen-bond acceptors (Lipinski definition) is 4. The third-order valence-electron chi connectivity index (χ3n) is 4.34. The van der Waals surface area contributed by atoms with Crippen LogP contribution in [0, 0.1) is 0 Å². The molecule has 134 valence electrons. The van der Waals surface area contributed by atoms with Crippen molar-refractivity contribution < 1.29 is 9.53 Å². The van der Waals surface area contributed by atoms with Crippen molar-refractivity contribution in [2.24, 2.45) is 0 Å². The van der Waals surface area contributed by atoms with Gasteiger partial charge in [0, 0.05) is 6.42 Å². The van der Waals surface area contributed by atoms with E-state index in [4.69, 9.17) is 4.74 Å². The summed E-state index contributed by atoms with van der Waals surface area (Å²) < 4.78 is 6.56. The number of fused-ring (bicyclic) bond motifs is 1. The molecule has 0 unspecified atom stereocenters. The maximum Gasteiger partial charge on any atom is 0.306 e. The van der Waals surface area contributed by atoms with Crippen LogP contribution in [0.3, 0.4) is 0 Å². The normalized spacial score (nSPS) is 10.8. The molecule has 1 heterocycles. The summed E-state index contributed by atoms with van der Waals surface area (Å²) in [6.07, 6.45) is 0.965. The predicted molar refractivity (Wildman–Crippen MR) is 110 cm³/mol. The fourth-order valence-corrected chi connectivity index (χ4v) is 3.86. The van der Waals surface area contributed by atoms with Crippen LogP contribution in [0.1, 0.15) is 17.0 Å². The fourth-order valence-electron chi connectivity index (χ4n) is 2.90. The molecule has 0 radical (unpaired) electrons. The minimum absolute atomic E-state index is 0.193. The first-order valence-electron chi connectivity index (χ1n) is 8.92. The summed E-state index contributed by atoms with van der Waals surface area (Å²) in [5.74, 6) is -0.193. The van der Waals surface area contributed by atoms with Gasteiger partial charge in [0.1, 0.15) is 6.61 Å². The highest BCUT2D eigenvalue weighted by Crippen LogP contribution is 2.23. The molecule has 0 bridgehead atoms. The molecule has 3 aromatic carbocycles. The highest BCUT2D eigenvalue weighted by atomic mass is 32.1. The molecule has 0 atom stereocenters. The Kier molecular flexibility index (Phi) is 5.26. The molecule has 4 aromatic rings. The van der Waals surface area contributed by atoms with Gasteiger partial charge in [0.15, 0.2) is 0 Å². The van der Waals surface area contributed by atoms with E-state index in [1.54, 1.807) is 11.3 Å². The molecule has 0 spiro atoms. The van der Waals surface area contributed by atoms with Crippen molar-refractivity contribution in [2.75, 3.05) is 0 Å². The van der Waals surface area contributed by atoms with E-state index in [0.717, 1.165) is 26.4 Å². The molecule has 0 saturated heterocycles. The minimum Gasteiger partial charge on any atom is -0.461 e. The molecular formula is C23H19NO2S. The lowest BCUT2D eigenvalue weighted by atomic mass is 10.0. The molecule has 0 aliphatic rings. The second-order valence-electron chi connectivity index (χ2n) is 6.30. The molecule has 0 aliphatic carbocycles. The average Bonchev–Trinajstić information content (AvgIpc) is 3.15. The summed E-state index contributed by atoms with van der Waals surface area (Å²) in [6, 6.07) is 26.4. The van der Waals surface area contributed by atoms with Crippen LogP contribution in [0.15, 0.2) is 78.9 Å². The van der Waals surface area contributed by atoms with E-state index in [0.29, 0.717) is 19.4 Å². The summed E-state index contributed by atoms with van der Waals surface area (Å²) >= 11 is 1.63. The smallest absolute Gasteiger partial charge is 0.306 e. The maximum atomic E-state index is 12.0. The molecule has 4 rings (SSSR count). The van der Waals surface area contributed by atoms with Gasteiger partial charge in [-0.2, -0.15) is 0 Å². The summed E-state index contributed by atoms with van der Waals surface area (Å²) in [5, 5.41) is 0.973. The Morgan fingerprint density at radius 2 is 1.56 bits per heavy atom. The SMILES string of the molecule is O=C(CCc1nc2ccccc2s1)OCc1ccc(-c2ccccc2)cc1. The molecule has 0 fully saturated rings. The van der Waals surface area contributed by atoms with E-state index < -0.39 is 0 Å². The van der Waals surface area contributed by atoms with Gasteiger partial charge in [-0.25, -0.2) is 4.98 Å². The maximum absolute atomic E-state index is 12.0. The van der Waals surface area contributed by atoms with E-state index in [2.05, 4.69) is 29.2 Å². The van der Waals surface area contributed by atoms with Crippen LogP contribution >= 0.6 is 11.3 Å². The summed E-state index contributed by atoms with van der Waals surface area (Å²) in [5.41, 5.74) is 4.31. The Balaban J connectivity index is 1.28. The van der Waals surface area contributed by atoms with Crippen LogP contribution in [0.25, 0.3) is 21.3 Å². The van der Waals surface area contributed by atoms with Crippen molar-refractivity contribution in [1.82, 2.24) is 4.98 Å². The number of ether oxygens (including phenoxy) is 1. The van der Waals surface area contributed by atoms with Crippen LogP contribution < -0.4 is 0 Å². The van der Waals surface area contributed by atoms with E-state index in [1.165, 1.54) is 5.56 Å². The number of carbonyl (C=O) groups excluding carboxylic acids is 1. The standard InChI is InChI=1S/C23H19NO2S/c25-23(15-14-22-24-20-8-4-5-9-21(20)27-22)26-16-17-10-12-19(13-11-17)18-6-2-1-3-7-18/h1-13H,14-16H2. The van der Waals surface area contributed by atoms with Gasteiger partial charge in [0.05, 0.1) is 21.6 Å². The number of benzene rings is 3. The van der Waals surface area contributed by atoms with Crippen molar-refractivity contribution in [3.05, 3.63) is 89.4 Å². The lowest BCUT2D eigenvalue weighted by molar-refractivity contribution is -0.144. The highest BCUT2D eigenvalue weighted by Gasteiger charge is 2.08. The topological polar surface area (TPSA) is 39.2 Å². The first-order chi connectivity index (χ1) is 13.3. The number of aromatic nitrogens is 1. The monoisotopic (exact) mass is 373 g/mol. The predicted octanol–water partition coefficient (Wildman–Crippen LogP) is 5.64. The number of thiazole rings is 1. The summed E-state index contributed by atoms with van der Waals surface area (Å²) in [7, 11) is 0. The van der Waals surface area contributed by atoms with Crippen molar-refractivity contribution in [2.45, 2.75) is 19.4 Å². The van der Waals surface area contributed by atoms with Gasteiger partial charge in [-0.05, 0) is 28.8 Å². The average molecular weight is 373 g/mol. The summed E-state index contributed by atoms with van der Waals surface area (Å²) in [4.78, 5) is 16.6. The highest BCUT2D eigenvalue weighted by molar-refractivity contribution is 7.18. The van der Waals surface area contributed by atoms with Gasteiger partial charge >= 0.3 is 5.97 Å². The Labute approximate surface area is 162 Å². The van der Waals surface area contributed by atoms with Gasteiger partial charge in [0.2, 0.25) is 0 Å². The van der Waals surface area contributed by atoms with Crippen LogP contribution in [-0.4, -0.2) is 11.0 Å². The van der Waals surface area contributed by atoms with Gasteiger partial charge in [0.25, 0.3) is 0 Å². The molecule has 1 aromatic heterocycles. The van der Waals surface area contributed by atoms with Crippen LogP contribution in [0.5, 0.6) is 0 Å². The zero-order valence-electron chi connectivity index (χ0n) is 14.8. The van der Waals surface area contributed by atoms with Crippen molar-refractivity contribution >= 4 is 27.5 Å². The Morgan fingerprint density at radius 1 is 0.852 bits per heavy atom. The number of aryl methyl sites for hydroxylation is 1. The lowest BCUT2D eigenvalue weighted by Crippen LogP contribution is -2.05. The number of nitrogens with zero attached hydrogens (tertiary/aromatic N) is 1. The quantitative estimate of drug-likeness (QED) is 0.411. The molecule has 0 amide bonds. The second kappa shape index (κ2) is 8.14. The van der Waals surface area contributed by atoms with Gasteiger partial charge < -0.3 is 4.74 Å². The molecule has 0 N–H and O–H groups in total. The minimum atomic E-state index is -0.193. The number of para-hydroxylation sites is 1. The Bertz CT molecular complexity index is 1010. The van der Waals surface area contributed by atoms with E-state index in [1.807, 2.05) is 54.6 Å².